The number of nitrogens with zero attached hydrogens (tertiary/aromatic N) is 2. The second kappa shape index (κ2) is 7.04. The summed E-state index contributed by atoms with van der Waals surface area (Å²) in [6.07, 6.45) is -0.141. The molecule has 0 aliphatic heterocycles. The first kappa shape index (κ1) is 16.0. The first-order valence-corrected chi connectivity index (χ1v) is 7.59. The highest BCUT2D eigenvalue weighted by Crippen LogP contribution is 2.28. The van der Waals surface area contributed by atoms with Crippen LogP contribution in [0.2, 0.25) is 0 Å². The maximum atomic E-state index is 11.2. The van der Waals surface area contributed by atoms with Crippen LogP contribution in [0.15, 0.2) is 35.7 Å². The molecule has 0 bridgehead atoms. The second-order valence-corrected chi connectivity index (χ2v) is 5.57. The van der Waals surface area contributed by atoms with Crippen molar-refractivity contribution in [1.82, 2.24) is 4.98 Å². The fourth-order valence-corrected chi connectivity index (χ4v) is 2.88. The molecular weight excluding hydrogens is 304 g/mol. The van der Waals surface area contributed by atoms with Crippen LogP contribution in [0.1, 0.15) is 13.3 Å². The highest BCUT2D eigenvalue weighted by molar-refractivity contribution is 7.14. The van der Waals surface area contributed by atoms with Crippen LogP contribution in [-0.2, 0) is 9.59 Å². The van der Waals surface area contributed by atoms with E-state index < -0.39 is 18.0 Å². The fraction of sp³-hybridized carbons (Fsp3) is 0.267. The van der Waals surface area contributed by atoms with Gasteiger partial charge in [0, 0.05) is 17.5 Å². The molecule has 2 N–H and O–H groups in total. The van der Waals surface area contributed by atoms with E-state index in [2.05, 4.69) is 4.98 Å². The van der Waals surface area contributed by atoms with Crippen LogP contribution in [0.25, 0.3) is 11.3 Å². The lowest BCUT2D eigenvalue weighted by atomic mass is 10.2. The maximum Gasteiger partial charge on any atom is 0.326 e. The molecule has 0 saturated heterocycles. The van der Waals surface area contributed by atoms with E-state index >= 15 is 0 Å². The van der Waals surface area contributed by atoms with Gasteiger partial charge in [0.05, 0.1) is 12.1 Å². The maximum absolute atomic E-state index is 11.2. The van der Waals surface area contributed by atoms with Gasteiger partial charge in [0.2, 0.25) is 0 Å². The van der Waals surface area contributed by atoms with Crippen molar-refractivity contribution in [3.63, 3.8) is 0 Å². The van der Waals surface area contributed by atoms with Crippen molar-refractivity contribution in [2.75, 3.05) is 11.4 Å². The number of aromatic nitrogens is 1. The number of thiazole rings is 1. The molecule has 0 radical (unpaired) electrons. The van der Waals surface area contributed by atoms with Crippen LogP contribution >= 0.6 is 11.3 Å². The third-order valence-electron chi connectivity index (χ3n) is 3.20. The summed E-state index contributed by atoms with van der Waals surface area (Å²) in [6.45, 7) is 1.62. The summed E-state index contributed by atoms with van der Waals surface area (Å²) < 4.78 is 0. The Labute approximate surface area is 131 Å². The topological polar surface area (TPSA) is 90.7 Å². The molecule has 6 nitrogen and oxygen atoms in total. The predicted molar refractivity (Wildman–Crippen MR) is 84.2 cm³/mol. The number of benzene rings is 1. The normalized spacial score (nSPS) is 11.9. The zero-order valence-electron chi connectivity index (χ0n) is 12.0. The van der Waals surface area contributed by atoms with Gasteiger partial charge in [0.25, 0.3) is 0 Å². The van der Waals surface area contributed by atoms with Crippen molar-refractivity contribution in [3.05, 3.63) is 35.7 Å². The number of carboxylic acids is 2. The van der Waals surface area contributed by atoms with Gasteiger partial charge in [-0.25, -0.2) is 9.78 Å². The molecule has 0 fully saturated rings. The highest BCUT2D eigenvalue weighted by Gasteiger charge is 2.24. The number of aliphatic carboxylic acids is 2. The molecule has 0 aliphatic rings. The van der Waals surface area contributed by atoms with E-state index in [0.29, 0.717) is 5.13 Å². The van der Waals surface area contributed by atoms with Crippen molar-refractivity contribution >= 4 is 28.4 Å². The van der Waals surface area contributed by atoms with Crippen LogP contribution in [0.5, 0.6) is 0 Å². The molecule has 1 unspecified atom stereocenters. The van der Waals surface area contributed by atoms with Gasteiger partial charge in [-0.1, -0.05) is 30.3 Å². The minimum atomic E-state index is -1.01. The minimum Gasteiger partial charge on any atom is -0.481 e. The van der Waals surface area contributed by atoms with Crippen LogP contribution in [0, 0.1) is 0 Å². The molecule has 1 heterocycles. The molecule has 0 aliphatic carbocycles. The molecule has 1 aromatic carbocycles. The number of anilines is 1. The molecule has 2 rings (SSSR count). The van der Waals surface area contributed by atoms with Crippen LogP contribution in [0.3, 0.4) is 0 Å². The number of rotatable bonds is 7. The number of carboxylic acid groups (broad SMARTS) is 2. The van der Waals surface area contributed by atoms with E-state index in [1.54, 1.807) is 0 Å². The van der Waals surface area contributed by atoms with Crippen molar-refractivity contribution in [2.24, 2.45) is 0 Å². The van der Waals surface area contributed by atoms with Gasteiger partial charge in [0.1, 0.15) is 6.04 Å². The Kier molecular flexibility index (Phi) is 5.11. The summed E-state index contributed by atoms with van der Waals surface area (Å²) in [7, 11) is 0. The monoisotopic (exact) mass is 320 g/mol. The quantitative estimate of drug-likeness (QED) is 0.815. The van der Waals surface area contributed by atoms with Crippen LogP contribution < -0.4 is 4.90 Å². The van der Waals surface area contributed by atoms with Crippen LogP contribution in [0.4, 0.5) is 5.13 Å². The summed E-state index contributed by atoms with van der Waals surface area (Å²) in [5.41, 5.74) is 1.68. The Morgan fingerprint density at radius 2 is 1.95 bits per heavy atom. The standard InChI is InChI=1S/C15H16N2O4S/c1-10(14(20)21)17(8-7-13(18)19)15-16-12(9-22-15)11-5-3-2-4-6-11/h2-6,9-10H,7-8H2,1H3,(H,18,19)(H,20,21). The summed E-state index contributed by atoms with van der Waals surface area (Å²) >= 11 is 1.31. The third-order valence-corrected chi connectivity index (χ3v) is 4.08. The Morgan fingerprint density at radius 1 is 1.27 bits per heavy atom. The molecular formula is C15H16N2O4S. The average molecular weight is 320 g/mol. The summed E-state index contributed by atoms with van der Waals surface area (Å²) in [5, 5.41) is 20.4. The molecule has 1 aromatic heterocycles. The summed E-state index contributed by atoms with van der Waals surface area (Å²) in [5.74, 6) is -1.98. The molecule has 7 heteroatoms. The molecule has 22 heavy (non-hydrogen) atoms. The first-order chi connectivity index (χ1) is 10.5. The van der Waals surface area contributed by atoms with Crippen molar-refractivity contribution in [2.45, 2.75) is 19.4 Å². The Balaban J connectivity index is 2.26. The molecule has 2 aromatic rings. The summed E-state index contributed by atoms with van der Waals surface area (Å²) in [4.78, 5) is 27.9. The van der Waals surface area contributed by atoms with E-state index in [1.165, 1.54) is 23.2 Å². The highest BCUT2D eigenvalue weighted by atomic mass is 32.1. The molecule has 1 atom stereocenters. The lowest BCUT2D eigenvalue weighted by molar-refractivity contribution is -0.139. The molecule has 0 saturated carbocycles. The zero-order chi connectivity index (χ0) is 16.1. The van der Waals surface area contributed by atoms with Crippen LogP contribution in [-0.4, -0.2) is 39.7 Å². The lowest BCUT2D eigenvalue weighted by Gasteiger charge is -2.25. The van der Waals surface area contributed by atoms with Crippen molar-refractivity contribution in [3.8, 4) is 11.3 Å². The zero-order valence-corrected chi connectivity index (χ0v) is 12.8. The second-order valence-electron chi connectivity index (χ2n) is 4.73. The first-order valence-electron chi connectivity index (χ1n) is 6.71. The Morgan fingerprint density at radius 3 is 2.55 bits per heavy atom. The van der Waals surface area contributed by atoms with Crippen molar-refractivity contribution in [1.29, 1.82) is 0 Å². The lowest BCUT2D eigenvalue weighted by Crippen LogP contribution is -2.40. The van der Waals surface area contributed by atoms with Gasteiger partial charge in [-0.3, -0.25) is 4.79 Å². The van der Waals surface area contributed by atoms with Gasteiger partial charge in [-0.15, -0.1) is 11.3 Å². The average Bonchev–Trinajstić information content (AvgIpc) is 2.97. The smallest absolute Gasteiger partial charge is 0.326 e. The number of hydrogen-bond donors (Lipinski definition) is 2. The Bertz CT molecular complexity index is 657. The van der Waals surface area contributed by atoms with Gasteiger partial charge in [0.15, 0.2) is 5.13 Å². The van der Waals surface area contributed by atoms with E-state index in [0.717, 1.165) is 11.3 Å². The van der Waals surface area contributed by atoms with Gasteiger partial charge < -0.3 is 15.1 Å². The van der Waals surface area contributed by atoms with Gasteiger partial charge in [-0.2, -0.15) is 0 Å². The molecule has 0 spiro atoms. The van der Waals surface area contributed by atoms with Gasteiger partial charge in [-0.05, 0) is 6.92 Å². The van der Waals surface area contributed by atoms with Gasteiger partial charge >= 0.3 is 11.9 Å². The molecule has 0 amide bonds. The number of carbonyl (C=O) groups is 2. The fourth-order valence-electron chi connectivity index (χ4n) is 1.94. The third kappa shape index (κ3) is 3.82. The summed E-state index contributed by atoms with van der Waals surface area (Å²) in [6, 6.07) is 8.70. The SMILES string of the molecule is CC(C(=O)O)N(CCC(=O)O)c1nc(-c2ccccc2)cs1. The molecule has 116 valence electrons. The predicted octanol–water partition coefficient (Wildman–Crippen LogP) is 2.56. The van der Waals surface area contributed by atoms with E-state index in [1.807, 2.05) is 35.7 Å². The van der Waals surface area contributed by atoms with E-state index in [4.69, 9.17) is 5.11 Å². The number of hydrogen-bond acceptors (Lipinski definition) is 5. The van der Waals surface area contributed by atoms with E-state index in [-0.39, 0.29) is 13.0 Å². The Hall–Kier alpha value is -2.41. The van der Waals surface area contributed by atoms with E-state index in [9.17, 15) is 14.7 Å². The largest absolute Gasteiger partial charge is 0.481 e. The van der Waals surface area contributed by atoms with Crippen molar-refractivity contribution < 1.29 is 19.8 Å². The minimum absolute atomic E-state index is 0.102.